The first-order valence-electron chi connectivity index (χ1n) is 10.6. The number of halogens is 5. The maximum atomic E-state index is 12.5. The van der Waals surface area contributed by atoms with E-state index < -0.39 is 36.6 Å². The predicted molar refractivity (Wildman–Crippen MR) is 126 cm³/mol. The van der Waals surface area contributed by atoms with Crippen LogP contribution in [0.4, 0.5) is 18.0 Å². The summed E-state index contributed by atoms with van der Waals surface area (Å²) in [4.78, 5) is 24.3. The fraction of sp³-hybridized carbons (Fsp3) is 0.200. The molecule has 0 bridgehead atoms. The first-order valence-corrected chi connectivity index (χ1v) is 11.4. The van der Waals surface area contributed by atoms with Crippen LogP contribution in [0.15, 0.2) is 60.7 Å². The average Bonchev–Trinajstić information content (AvgIpc) is 3.12. The highest BCUT2D eigenvalue weighted by molar-refractivity contribution is 6.36. The Morgan fingerprint density at radius 2 is 1.50 bits per heavy atom. The molecule has 0 aliphatic heterocycles. The summed E-state index contributed by atoms with van der Waals surface area (Å²) in [6.07, 6.45) is -6.33. The number of hydrogen-bond donors (Lipinski definition) is 2. The number of alkyl halides is 3. The van der Waals surface area contributed by atoms with Crippen LogP contribution in [0.25, 0.3) is 11.1 Å². The van der Waals surface area contributed by atoms with Gasteiger partial charge in [0.25, 0.3) is 0 Å². The molecular formula is C25H18Cl2F3NO5. The number of carboxylic acids is 1. The molecule has 188 valence electrons. The average molecular weight is 540 g/mol. The Hall–Kier alpha value is -3.43. The molecule has 36 heavy (non-hydrogen) atoms. The smallest absolute Gasteiger partial charge is 0.480 e. The molecule has 11 heteroatoms. The molecule has 1 unspecified atom stereocenters. The highest BCUT2D eigenvalue weighted by atomic mass is 35.5. The van der Waals surface area contributed by atoms with Gasteiger partial charge in [-0.15, -0.1) is 13.2 Å². The van der Waals surface area contributed by atoms with E-state index in [-0.39, 0.29) is 28.1 Å². The lowest BCUT2D eigenvalue weighted by Crippen LogP contribution is -2.43. The summed E-state index contributed by atoms with van der Waals surface area (Å²) in [5.74, 6) is -2.29. The molecule has 2 N–H and O–H groups in total. The molecular weight excluding hydrogens is 522 g/mol. The molecule has 1 amide bonds. The number of carboxylic acid groups (broad SMARTS) is 1. The van der Waals surface area contributed by atoms with Crippen LogP contribution in [-0.2, 0) is 16.0 Å². The molecule has 0 radical (unpaired) electrons. The number of hydrogen-bond acceptors (Lipinski definition) is 4. The van der Waals surface area contributed by atoms with Crippen LogP contribution in [0.1, 0.15) is 22.6 Å². The van der Waals surface area contributed by atoms with Crippen molar-refractivity contribution in [3.63, 3.8) is 0 Å². The summed E-state index contributed by atoms with van der Waals surface area (Å²) >= 11 is 12.0. The molecule has 0 fully saturated rings. The van der Waals surface area contributed by atoms with E-state index in [0.29, 0.717) is 0 Å². The number of carbonyl (C=O) groups is 2. The standard InChI is InChI=1S/C25H18Cl2F3NO5/c26-20-9-13(36-25(28,29)30)10-21(27)18(20)11-22(23(32)33)31-24(34)35-12-19-16-7-3-1-5-14(16)15-6-2-4-8-17(15)19/h1-10,19,22H,11-12H2,(H,31,34)(H,32,33). The third-order valence-electron chi connectivity index (χ3n) is 5.69. The summed E-state index contributed by atoms with van der Waals surface area (Å²) in [7, 11) is 0. The van der Waals surface area contributed by atoms with Gasteiger partial charge in [-0.1, -0.05) is 71.7 Å². The SMILES string of the molecule is O=C(NC(Cc1c(Cl)cc(OC(F)(F)F)cc1Cl)C(=O)O)OCC1c2ccccc2-c2ccccc21. The normalized spacial score (nSPS) is 13.5. The fourth-order valence-corrected chi connectivity index (χ4v) is 4.78. The van der Waals surface area contributed by atoms with Gasteiger partial charge in [0, 0.05) is 22.4 Å². The first-order chi connectivity index (χ1) is 17.0. The third-order valence-corrected chi connectivity index (χ3v) is 6.36. The molecule has 1 atom stereocenters. The summed E-state index contributed by atoms with van der Waals surface area (Å²) in [6.45, 7) is -0.0306. The lowest BCUT2D eigenvalue weighted by molar-refractivity contribution is -0.274. The summed E-state index contributed by atoms with van der Waals surface area (Å²) in [5, 5.41) is 11.3. The third kappa shape index (κ3) is 5.68. The van der Waals surface area contributed by atoms with Crippen LogP contribution in [0.3, 0.4) is 0 Å². The zero-order chi connectivity index (χ0) is 26.0. The Morgan fingerprint density at radius 1 is 0.972 bits per heavy atom. The molecule has 0 aromatic heterocycles. The van der Waals surface area contributed by atoms with E-state index in [1.165, 1.54) is 0 Å². The van der Waals surface area contributed by atoms with Gasteiger partial charge in [0.05, 0.1) is 0 Å². The van der Waals surface area contributed by atoms with Crippen molar-refractivity contribution in [3.05, 3.63) is 87.4 Å². The molecule has 1 aliphatic rings. The van der Waals surface area contributed by atoms with Gasteiger partial charge in [0.1, 0.15) is 18.4 Å². The Bertz CT molecular complexity index is 1250. The lowest BCUT2D eigenvalue weighted by atomic mass is 9.98. The van der Waals surface area contributed by atoms with E-state index in [0.717, 1.165) is 34.4 Å². The zero-order valence-corrected chi connectivity index (χ0v) is 19.8. The van der Waals surface area contributed by atoms with Crippen molar-refractivity contribution >= 4 is 35.3 Å². The lowest BCUT2D eigenvalue weighted by Gasteiger charge is -2.19. The Morgan fingerprint density at radius 3 is 2.00 bits per heavy atom. The molecule has 3 aromatic carbocycles. The molecule has 0 heterocycles. The van der Waals surface area contributed by atoms with Crippen LogP contribution < -0.4 is 10.1 Å². The number of ether oxygens (including phenoxy) is 2. The van der Waals surface area contributed by atoms with Crippen molar-refractivity contribution in [2.75, 3.05) is 6.61 Å². The van der Waals surface area contributed by atoms with Crippen molar-refractivity contribution in [1.82, 2.24) is 5.32 Å². The predicted octanol–water partition coefficient (Wildman–Crippen LogP) is 6.43. The van der Waals surface area contributed by atoms with Crippen molar-refractivity contribution < 1.29 is 37.3 Å². The van der Waals surface area contributed by atoms with Crippen molar-refractivity contribution in [1.29, 1.82) is 0 Å². The Labute approximate surface area is 213 Å². The second kappa shape index (κ2) is 10.3. The number of amides is 1. The monoisotopic (exact) mass is 539 g/mol. The first kappa shape index (κ1) is 25.7. The van der Waals surface area contributed by atoms with E-state index in [1.54, 1.807) is 0 Å². The molecule has 0 spiro atoms. The summed E-state index contributed by atoms with van der Waals surface area (Å²) in [6, 6.07) is 15.7. The van der Waals surface area contributed by atoms with Gasteiger partial charge in [0.15, 0.2) is 0 Å². The minimum atomic E-state index is -4.95. The highest BCUT2D eigenvalue weighted by Gasteiger charge is 2.33. The molecule has 1 aliphatic carbocycles. The minimum absolute atomic E-state index is 0.0270. The van der Waals surface area contributed by atoms with E-state index in [4.69, 9.17) is 27.9 Å². The van der Waals surface area contributed by atoms with Crippen LogP contribution >= 0.6 is 23.2 Å². The van der Waals surface area contributed by atoms with Crippen molar-refractivity contribution in [3.8, 4) is 16.9 Å². The van der Waals surface area contributed by atoms with Crippen LogP contribution in [0, 0.1) is 0 Å². The molecule has 0 saturated heterocycles. The van der Waals surface area contributed by atoms with Crippen molar-refractivity contribution in [2.24, 2.45) is 0 Å². The van der Waals surface area contributed by atoms with E-state index >= 15 is 0 Å². The molecule has 6 nitrogen and oxygen atoms in total. The number of fused-ring (bicyclic) bond motifs is 3. The van der Waals surface area contributed by atoms with Gasteiger partial charge in [-0.2, -0.15) is 0 Å². The van der Waals surface area contributed by atoms with Gasteiger partial charge < -0.3 is 19.9 Å². The number of aliphatic carboxylic acids is 1. The zero-order valence-electron chi connectivity index (χ0n) is 18.3. The van der Waals surface area contributed by atoms with Gasteiger partial charge in [-0.3, -0.25) is 0 Å². The van der Waals surface area contributed by atoms with Crippen LogP contribution in [0.5, 0.6) is 5.75 Å². The van der Waals surface area contributed by atoms with Gasteiger partial charge in [-0.25, -0.2) is 9.59 Å². The highest BCUT2D eigenvalue weighted by Crippen LogP contribution is 2.44. The molecule has 4 rings (SSSR count). The van der Waals surface area contributed by atoms with E-state index in [2.05, 4.69) is 10.1 Å². The summed E-state index contributed by atoms with van der Waals surface area (Å²) in [5.41, 5.74) is 4.07. The van der Waals surface area contributed by atoms with Gasteiger partial charge in [0.2, 0.25) is 0 Å². The minimum Gasteiger partial charge on any atom is -0.480 e. The molecule has 0 saturated carbocycles. The van der Waals surface area contributed by atoms with Crippen LogP contribution in [0.2, 0.25) is 10.0 Å². The largest absolute Gasteiger partial charge is 0.573 e. The Kier molecular flexibility index (Phi) is 7.33. The number of benzene rings is 3. The topological polar surface area (TPSA) is 84.9 Å². The van der Waals surface area contributed by atoms with Gasteiger partial charge >= 0.3 is 18.4 Å². The van der Waals surface area contributed by atoms with E-state index in [9.17, 15) is 27.9 Å². The Balaban J connectivity index is 1.44. The van der Waals surface area contributed by atoms with Crippen LogP contribution in [-0.4, -0.2) is 36.2 Å². The number of nitrogens with one attached hydrogen (secondary N) is 1. The second-order valence-corrected chi connectivity index (χ2v) is 8.79. The summed E-state index contributed by atoms with van der Waals surface area (Å²) < 4.78 is 46.6. The second-order valence-electron chi connectivity index (χ2n) is 7.98. The number of alkyl carbamates (subject to hydrolysis) is 1. The molecule has 3 aromatic rings. The van der Waals surface area contributed by atoms with Gasteiger partial charge in [-0.05, 0) is 39.9 Å². The quantitative estimate of drug-likeness (QED) is 0.361. The number of rotatable bonds is 7. The fourth-order valence-electron chi connectivity index (χ4n) is 4.15. The number of carbonyl (C=O) groups excluding carboxylic acids is 1. The van der Waals surface area contributed by atoms with E-state index in [1.807, 2.05) is 48.5 Å². The maximum Gasteiger partial charge on any atom is 0.573 e. The maximum absolute atomic E-state index is 12.5. The van der Waals surface area contributed by atoms with Crippen molar-refractivity contribution in [2.45, 2.75) is 24.7 Å².